The van der Waals surface area contributed by atoms with Crippen molar-refractivity contribution in [1.29, 1.82) is 0 Å². The molecule has 1 rings (SSSR count). The fraction of sp³-hybridized carbons (Fsp3) is 0.545. The van der Waals surface area contributed by atoms with Gasteiger partial charge in [-0.15, -0.1) is 0 Å². The van der Waals surface area contributed by atoms with E-state index in [0.717, 1.165) is 0 Å². The van der Waals surface area contributed by atoms with Crippen molar-refractivity contribution in [2.45, 2.75) is 12.5 Å². The van der Waals surface area contributed by atoms with E-state index in [9.17, 15) is 14.4 Å². The number of nitrogens with one attached hydrogen (secondary N) is 1. The maximum atomic E-state index is 11.6. The number of rotatable bonds is 3. The van der Waals surface area contributed by atoms with Crippen molar-refractivity contribution in [2.24, 2.45) is 5.92 Å². The van der Waals surface area contributed by atoms with E-state index in [2.05, 4.69) is 19.5 Å². The third-order valence-electron chi connectivity index (χ3n) is 2.68. The minimum atomic E-state index is -0.840. The highest BCUT2D eigenvalue weighted by Crippen LogP contribution is 2.24. The maximum Gasteiger partial charge on any atom is 0.336 e. The number of ether oxygens (including phenoxy) is 3. The van der Waals surface area contributed by atoms with Gasteiger partial charge in [0.2, 0.25) is 0 Å². The highest BCUT2D eigenvalue weighted by atomic mass is 16.5. The third-order valence-corrected chi connectivity index (χ3v) is 2.68. The Morgan fingerprint density at radius 1 is 1.11 bits per heavy atom. The molecule has 0 amide bonds. The smallest absolute Gasteiger partial charge is 0.336 e. The van der Waals surface area contributed by atoms with Gasteiger partial charge in [0.1, 0.15) is 6.04 Å². The van der Waals surface area contributed by atoms with Gasteiger partial charge >= 0.3 is 17.9 Å². The van der Waals surface area contributed by atoms with Crippen molar-refractivity contribution < 1.29 is 28.6 Å². The second-order valence-corrected chi connectivity index (χ2v) is 3.65. The van der Waals surface area contributed by atoms with Crippen molar-refractivity contribution in [3.05, 3.63) is 11.8 Å². The normalized spacial score (nSPS) is 22.3. The quantitative estimate of drug-likeness (QED) is 0.531. The summed E-state index contributed by atoms with van der Waals surface area (Å²) in [5.41, 5.74) is 0.129. The van der Waals surface area contributed by atoms with Crippen LogP contribution in [0.4, 0.5) is 0 Å². The molecule has 0 aromatic heterocycles. The van der Waals surface area contributed by atoms with Gasteiger partial charge in [-0.1, -0.05) is 0 Å². The van der Waals surface area contributed by atoms with Gasteiger partial charge in [-0.05, 0) is 6.42 Å². The van der Waals surface area contributed by atoms with Crippen LogP contribution in [-0.4, -0.2) is 45.3 Å². The fourth-order valence-corrected chi connectivity index (χ4v) is 1.71. The lowest BCUT2D eigenvalue weighted by Gasteiger charge is -2.26. The molecule has 0 aliphatic carbocycles. The van der Waals surface area contributed by atoms with E-state index in [4.69, 9.17) is 0 Å². The van der Waals surface area contributed by atoms with E-state index >= 15 is 0 Å². The first-order valence-corrected chi connectivity index (χ1v) is 5.25. The van der Waals surface area contributed by atoms with E-state index in [0.29, 0.717) is 0 Å². The Balaban J connectivity index is 2.96. The molecule has 18 heavy (non-hydrogen) atoms. The molecule has 100 valence electrons. The summed E-state index contributed by atoms with van der Waals surface area (Å²) in [6.45, 7) is 0. The van der Waals surface area contributed by atoms with Crippen LogP contribution in [0.1, 0.15) is 6.42 Å². The van der Waals surface area contributed by atoms with E-state index in [1.165, 1.54) is 27.5 Å². The second-order valence-electron chi connectivity index (χ2n) is 3.65. The topological polar surface area (TPSA) is 90.9 Å². The summed E-state index contributed by atoms with van der Waals surface area (Å²) in [5.74, 6) is -2.58. The maximum absolute atomic E-state index is 11.6. The van der Waals surface area contributed by atoms with Crippen LogP contribution in [0.2, 0.25) is 0 Å². The Morgan fingerprint density at radius 3 is 2.22 bits per heavy atom. The summed E-state index contributed by atoms with van der Waals surface area (Å²) in [6.07, 6.45) is 1.37. The van der Waals surface area contributed by atoms with Crippen molar-refractivity contribution in [1.82, 2.24) is 5.32 Å². The van der Waals surface area contributed by atoms with Gasteiger partial charge in [-0.2, -0.15) is 0 Å². The Hall–Kier alpha value is -2.05. The lowest BCUT2D eigenvalue weighted by molar-refractivity contribution is -0.150. The number of methoxy groups -OCH3 is 3. The number of carbonyl (C=O) groups is 3. The summed E-state index contributed by atoms with van der Waals surface area (Å²) in [7, 11) is 3.67. The molecule has 0 saturated heterocycles. The lowest BCUT2D eigenvalue weighted by Crippen LogP contribution is -2.43. The van der Waals surface area contributed by atoms with Crippen LogP contribution in [0.3, 0.4) is 0 Å². The summed E-state index contributed by atoms with van der Waals surface area (Å²) < 4.78 is 13.7. The first-order valence-electron chi connectivity index (χ1n) is 5.25. The largest absolute Gasteiger partial charge is 0.469 e. The van der Waals surface area contributed by atoms with Crippen LogP contribution in [-0.2, 0) is 28.6 Å². The summed E-state index contributed by atoms with van der Waals surface area (Å²) in [4.78, 5) is 34.5. The van der Waals surface area contributed by atoms with Crippen molar-refractivity contribution >= 4 is 17.9 Å². The standard InChI is InChI=1S/C11H15NO6/c1-16-9(13)6-4-8(11(15)18-3)12-5-7(6)10(14)17-2/h5-6,8,12H,4H2,1-3H3/t6-,8+/m1/s1. The monoisotopic (exact) mass is 257 g/mol. The average Bonchev–Trinajstić information content (AvgIpc) is 2.43. The molecule has 0 radical (unpaired) electrons. The van der Waals surface area contributed by atoms with Gasteiger partial charge in [-0.3, -0.25) is 4.79 Å². The SMILES string of the molecule is COC(=O)C1=CN[C@H](C(=O)OC)C[C@H]1C(=O)OC. The van der Waals surface area contributed by atoms with Crippen molar-refractivity contribution in [2.75, 3.05) is 21.3 Å². The molecule has 0 aromatic rings. The Labute approximate surface area is 104 Å². The van der Waals surface area contributed by atoms with Gasteiger partial charge in [0.05, 0.1) is 32.8 Å². The van der Waals surface area contributed by atoms with E-state index in [1.807, 2.05) is 0 Å². The molecule has 0 aromatic carbocycles. The molecule has 0 fully saturated rings. The molecule has 0 unspecified atom stereocenters. The number of carbonyl (C=O) groups excluding carboxylic acids is 3. The van der Waals surface area contributed by atoms with E-state index in [-0.39, 0.29) is 12.0 Å². The molecule has 1 N–H and O–H groups in total. The van der Waals surface area contributed by atoms with Crippen molar-refractivity contribution in [3.8, 4) is 0 Å². The minimum absolute atomic E-state index is 0.0836. The van der Waals surface area contributed by atoms with Gasteiger partial charge in [0.25, 0.3) is 0 Å². The first-order chi connectivity index (χ1) is 8.54. The summed E-state index contributed by atoms with van der Waals surface area (Å²) >= 11 is 0. The minimum Gasteiger partial charge on any atom is -0.469 e. The van der Waals surface area contributed by atoms with E-state index in [1.54, 1.807) is 0 Å². The highest BCUT2D eigenvalue weighted by Gasteiger charge is 2.37. The molecule has 7 heteroatoms. The van der Waals surface area contributed by atoms with Crippen LogP contribution in [0.15, 0.2) is 11.8 Å². The lowest BCUT2D eigenvalue weighted by atomic mass is 9.89. The van der Waals surface area contributed by atoms with Gasteiger partial charge in [0.15, 0.2) is 0 Å². The zero-order valence-corrected chi connectivity index (χ0v) is 10.4. The fourth-order valence-electron chi connectivity index (χ4n) is 1.71. The van der Waals surface area contributed by atoms with Crippen LogP contribution in [0, 0.1) is 5.92 Å². The molecule has 0 saturated carbocycles. The van der Waals surface area contributed by atoms with Gasteiger partial charge in [-0.25, -0.2) is 9.59 Å². The molecule has 1 aliphatic heterocycles. The highest BCUT2D eigenvalue weighted by molar-refractivity contribution is 5.96. The van der Waals surface area contributed by atoms with E-state index < -0.39 is 29.9 Å². The predicted octanol–water partition coefficient (Wildman–Crippen LogP) is -0.633. The molecule has 1 heterocycles. The molecular weight excluding hydrogens is 242 g/mol. The third kappa shape index (κ3) is 2.79. The van der Waals surface area contributed by atoms with Crippen LogP contribution >= 0.6 is 0 Å². The van der Waals surface area contributed by atoms with Crippen LogP contribution < -0.4 is 5.32 Å². The number of esters is 3. The predicted molar refractivity (Wildman–Crippen MR) is 59.2 cm³/mol. The first kappa shape index (κ1) is 14.0. The zero-order chi connectivity index (χ0) is 13.7. The molecule has 0 bridgehead atoms. The zero-order valence-electron chi connectivity index (χ0n) is 10.4. The summed E-state index contributed by atoms with van der Waals surface area (Å²) in [5, 5.41) is 2.70. The number of hydrogen-bond donors (Lipinski definition) is 1. The molecule has 0 spiro atoms. The van der Waals surface area contributed by atoms with Gasteiger partial charge < -0.3 is 19.5 Å². The molecule has 1 aliphatic rings. The van der Waals surface area contributed by atoms with Crippen LogP contribution in [0.5, 0.6) is 0 Å². The molecule has 7 nitrogen and oxygen atoms in total. The Morgan fingerprint density at radius 2 is 1.72 bits per heavy atom. The van der Waals surface area contributed by atoms with Gasteiger partial charge in [0, 0.05) is 6.20 Å². The van der Waals surface area contributed by atoms with Crippen LogP contribution in [0.25, 0.3) is 0 Å². The average molecular weight is 257 g/mol. The summed E-state index contributed by atoms with van der Waals surface area (Å²) in [6, 6.07) is -0.687. The Bertz CT molecular complexity index is 389. The Kier molecular flexibility index (Phi) is 4.70. The molecular formula is C11H15NO6. The number of hydrogen-bond acceptors (Lipinski definition) is 7. The second kappa shape index (κ2) is 6.04. The van der Waals surface area contributed by atoms with Crippen molar-refractivity contribution in [3.63, 3.8) is 0 Å². The molecule has 2 atom stereocenters.